The topological polar surface area (TPSA) is 51.1 Å². The SMILES string of the molecule is CCNC(=NCC(C)CO)N1CCN(Cc2cccc(Cl)c2)CC1.I. The average Bonchev–Trinajstić information content (AvgIpc) is 2.59. The molecule has 0 spiro atoms. The molecule has 1 atom stereocenters. The third kappa shape index (κ3) is 7.68. The molecule has 1 saturated heterocycles. The van der Waals surface area contributed by atoms with Crippen LogP contribution in [0, 0.1) is 5.92 Å². The minimum atomic E-state index is 0. The molecule has 7 heteroatoms. The molecule has 0 aromatic heterocycles. The standard InChI is InChI=1S/C18H29ClN4O.HI/c1-3-20-18(21-12-15(2)14-24)23-9-7-22(8-10-23)13-16-5-4-6-17(19)11-16;/h4-6,11,15,24H,3,7-10,12-14H2,1-2H3,(H,20,21);1H. The summed E-state index contributed by atoms with van der Waals surface area (Å²) in [6.45, 7) is 10.6. The van der Waals surface area contributed by atoms with E-state index in [-0.39, 0.29) is 36.5 Å². The van der Waals surface area contributed by atoms with Gasteiger partial charge in [-0.3, -0.25) is 9.89 Å². The van der Waals surface area contributed by atoms with Gasteiger partial charge in [0.25, 0.3) is 0 Å². The number of rotatable bonds is 6. The molecular formula is C18H30ClIN4O. The molecular weight excluding hydrogens is 451 g/mol. The summed E-state index contributed by atoms with van der Waals surface area (Å²) in [5.74, 6) is 1.16. The Morgan fingerprint density at radius 1 is 1.32 bits per heavy atom. The van der Waals surface area contributed by atoms with Gasteiger partial charge in [-0.15, -0.1) is 24.0 Å². The number of aliphatic hydroxyl groups is 1. The maximum Gasteiger partial charge on any atom is 0.194 e. The van der Waals surface area contributed by atoms with E-state index >= 15 is 0 Å². The summed E-state index contributed by atoms with van der Waals surface area (Å²) in [5.41, 5.74) is 1.26. The Morgan fingerprint density at radius 2 is 2.04 bits per heavy atom. The zero-order chi connectivity index (χ0) is 17.4. The number of nitrogens with one attached hydrogen (secondary N) is 1. The fourth-order valence-electron chi connectivity index (χ4n) is 2.74. The van der Waals surface area contributed by atoms with E-state index in [4.69, 9.17) is 16.7 Å². The number of aliphatic hydroxyl groups excluding tert-OH is 1. The largest absolute Gasteiger partial charge is 0.396 e. The molecule has 5 nitrogen and oxygen atoms in total. The van der Waals surface area contributed by atoms with Gasteiger partial charge in [0, 0.05) is 57.4 Å². The van der Waals surface area contributed by atoms with E-state index in [1.54, 1.807) is 0 Å². The van der Waals surface area contributed by atoms with Crippen molar-refractivity contribution in [3.8, 4) is 0 Å². The van der Waals surface area contributed by atoms with E-state index in [9.17, 15) is 0 Å². The molecule has 1 aromatic rings. The molecule has 1 aliphatic rings. The van der Waals surface area contributed by atoms with Crippen molar-refractivity contribution in [1.82, 2.24) is 15.1 Å². The van der Waals surface area contributed by atoms with Crippen LogP contribution in [-0.2, 0) is 6.54 Å². The maximum absolute atomic E-state index is 9.16. The highest BCUT2D eigenvalue weighted by Crippen LogP contribution is 2.14. The Morgan fingerprint density at radius 3 is 2.64 bits per heavy atom. The van der Waals surface area contributed by atoms with Gasteiger partial charge < -0.3 is 15.3 Å². The molecule has 0 amide bonds. The van der Waals surface area contributed by atoms with Gasteiger partial charge in [0.05, 0.1) is 0 Å². The van der Waals surface area contributed by atoms with Crippen LogP contribution in [-0.4, -0.2) is 66.7 Å². The molecule has 1 unspecified atom stereocenters. The van der Waals surface area contributed by atoms with Gasteiger partial charge in [0.1, 0.15) is 0 Å². The third-order valence-electron chi connectivity index (χ3n) is 4.17. The van der Waals surface area contributed by atoms with Crippen LogP contribution in [0.4, 0.5) is 0 Å². The quantitative estimate of drug-likeness (QED) is 0.373. The lowest BCUT2D eigenvalue weighted by molar-refractivity contribution is 0.172. The third-order valence-corrected chi connectivity index (χ3v) is 4.40. The monoisotopic (exact) mass is 480 g/mol. The number of nitrogens with zero attached hydrogens (tertiary/aromatic N) is 3. The van der Waals surface area contributed by atoms with Crippen LogP contribution in [0.2, 0.25) is 5.02 Å². The summed E-state index contributed by atoms with van der Waals surface area (Å²) < 4.78 is 0. The van der Waals surface area contributed by atoms with Crippen molar-refractivity contribution in [1.29, 1.82) is 0 Å². The molecule has 1 fully saturated rings. The van der Waals surface area contributed by atoms with Gasteiger partial charge >= 0.3 is 0 Å². The van der Waals surface area contributed by atoms with Gasteiger partial charge in [-0.1, -0.05) is 30.7 Å². The molecule has 1 heterocycles. The fourth-order valence-corrected chi connectivity index (χ4v) is 2.95. The molecule has 2 rings (SSSR count). The van der Waals surface area contributed by atoms with E-state index in [1.807, 2.05) is 25.1 Å². The van der Waals surface area contributed by atoms with Crippen molar-refractivity contribution in [3.63, 3.8) is 0 Å². The van der Waals surface area contributed by atoms with Gasteiger partial charge in [0.15, 0.2) is 5.96 Å². The van der Waals surface area contributed by atoms with Crippen molar-refractivity contribution in [2.75, 3.05) is 45.9 Å². The summed E-state index contributed by atoms with van der Waals surface area (Å²) in [5, 5.41) is 13.3. The van der Waals surface area contributed by atoms with Gasteiger partial charge in [0.2, 0.25) is 0 Å². The zero-order valence-corrected chi connectivity index (χ0v) is 18.2. The lowest BCUT2D eigenvalue weighted by Crippen LogP contribution is -2.52. The molecule has 0 saturated carbocycles. The second-order valence-electron chi connectivity index (χ2n) is 6.38. The summed E-state index contributed by atoms with van der Waals surface area (Å²) in [7, 11) is 0. The predicted octanol–water partition coefficient (Wildman–Crippen LogP) is 2.67. The number of guanidine groups is 1. The van der Waals surface area contributed by atoms with Crippen LogP contribution >= 0.6 is 35.6 Å². The second kappa shape index (κ2) is 11.9. The minimum Gasteiger partial charge on any atom is -0.396 e. The van der Waals surface area contributed by atoms with Crippen molar-refractivity contribution < 1.29 is 5.11 Å². The van der Waals surface area contributed by atoms with E-state index in [0.29, 0.717) is 6.54 Å². The van der Waals surface area contributed by atoms with Crippen LogP contribution in [0.25, 0.3) is 0 Å². The Bertz CT molecular complexity index is 536. The predicted molar refractivity (Wildman–Crippen MR) is 116 cm³/mol. The first-order valence-electron chi connectivity index (χ1n) is 8.73. The highest BCUT2D eigenvalue weighted by molar-refractivity contribution is 14.0. The van der Waals surface area contributed by atoms with E-state index in [0.717, 1.165) is 50.3 Å². The van der Waals surface area contributed by atoms with E-state index in [1.165, 1.54) is 5.56 Å². The molecule has 1 aliphatic heterocycles. The minimum absolute atomic E-state index is 0. The summed E-state index contributed by atoms with van der Waals surface area (Å²) in [6.07, 6.45) is 0. The first-order chi connectivity index (χ1) is 11.6. The Labute approximate surface area is 173 Å². The van der Waals surface area contributed by atoms with Gasteiger partial charge in [-0.2, -0.15) is 0 Å². The van der Waals surface area contributed by atoms with Crippen LogP contribution in [0.1, 0.15) is 19.4 Å². The number of aliphatic imine (C=N–C) groups is 1. The summed E-state index contributed by atoms with van der Waals surface area (Å²) in [4.78, 5) is 9.42. The lowest BCUT2D eigenvalue weighted by atomic mass is 10.2. The highest BCUT2D eigenvalue weighted by Gasteiger charge is 2.19. The van der Waals surface area contributed by atoms with Crippen LogP contribution in [0.5, 0.6) is 0 Å². The first kappa shape index (κ1) is 22.5. The van der Waals surface area contributed by atoms with Crippen molar-refractivity contribution >= 4 is 41.5 Å². The van der Waals surface area contributed by atoms with Crippen molar-refractivity contribution in [3.05, 3.63) is 34.9 Å². The summed E-state index contributed by atoms with van der Waals surface area (Å²) in [6, 6.07) is 8.08. The zero-order valence-electron chi connectivity index (χ0n) is 15.1. The van der Waals surface area contributed by atoms with E-state index < -0.39 is 0 Å². The second-order valence-corrected chi connectivity index (χ2v) is 6.81. The Hall–Kier alpha value is -0.570. The number of hydrogen-bond donors (Lipinski definition) is 2. The molecule has 0 radical (unpaired) electrons. The Balaban J connectivity index is 0.00000312. The van der Waals surface area contributed by atoms with Crippen molar-refractivity contribution in [2.45, 2.75) is 20.4 Å². The molecule has 0 bridgehead atoms. The molecule has 2 N–H and O–H groups in total. The van der Waals surface area contributed by atoms with Crippen molar-refractivity contribution in [2.24, 2.45) is 10.9 Å². The van der Waals surface area contributed by atoms with Crippen LogP contribution in [0.15, 0.2) is 29.3 Å². The molecule has 1 aromatic carbocycles. The molecule has 25 heavy (non-hydrogen) atoms. The van der Waals surface area contributed by atoms with Crippen LogP contribution < -0.4 is 5.32 Å². The number of halogens is 2. The number of piperazine rings is 1. The van der Waals surface area contributed by atoms with Gasteiger partial charge in [-0.25, -0.2) is 0 Å². The first-order valence-corrected chi connectivity index (χ1v) is 9.11. The lowest BCUT2D eigenvalue weighted by Gasteiger charge is -2.36. The summed E-state index contributed by atoms with van der Waals surface area (Å²) >= 11 is 6.07. The average molecular weight is 481 g/mol. The normalized spacial score (nSPS) is 17.1. The highest BCUT2D eigenvalue weighted by atomic mass is 127. The van der Waals surface area contributed by atoms with Crippen LogP contribution in [0.3, 0.4) is 0 Å². The molecule has 0 aliphatic carbocycles. The molecule has 142 valence electrons. The fraction of sp³-hybridized carbons (Fsp3) is 0.611. The maximum atomic E-state index is 9.16. The van der Waals surface area contributed by atoms with Gasteiger partial charge in [-0.05, 0) is 30.5 Å². The number of benzene rings is 1. The smallest absolute Gasteiger partial charge is 0.194 e. The Kier molecular flexibility index (Phi) is 10.7. The van der Waals surface area contributed by atoms with E-state index in [2.05, 4.69) is 33.1 Å². The number of hydrogen-bond acceptors (Lipinski definition) is 3.